The number of carbonyl (C=O) groups excluding carboxylic acids is 1. The van der Waals surface area contributed by atoms with E-state index in [9.17, 15) is 21.6 Å². The number of anilines is 1. The molecule has 0 unspecified atom stereocenters. The second-order valence-corrected chi connectivity index (χ2v) is 14.5. The molecule has 0 aliphatic heterocycles. The molecule has 0 saturated carbocycles. The molecule has 0 bridgehead atoms. The fourth-order valence-electron chi connectivity index (χ4n) is 4.76. The van der Waals surface area contributed by atoms with Crippen molar-refractivity contribution in [2.24, 2.45) is 0 Å². The molecule has 248 valence electrons. The van der Waals surface area contributed by atoms with Crippen molar-refractivity contribution in [1.29, 1.82) is 0 Å². The molecule has 0 atom stereocenters. The molecule has 1 amide bonds. The van der Waals surface area contributed by atoms with Gasteiger partial charge in [0.05, 0.1) is 23.0 Å². The van der Waals surface area contributed by atoms with Crippen molar-refractivity contribution >= 4 is 32.0 Å². The first kappa shape index (κ1) is 34.5. The SMILES string of the molecule is Cc1ccc(S(=O)(=O)OCc2cc(-c3ccc(NC(=O)OCc4ccccc4)cc3)cc(COS(=O)(=O)c3ccc(C)cc3)c2C)cc1. The highest BCUT2D eigenvalue weighted by molar-refractivity contribution is 7.87. The van der Waals surface area contributed by atoms with Crippen molar-refractivity contribution in [2.75, 3.05) is 5.32 Å². The Balaban J connectivity index is 1.38. The fraction of sp³-hybridized carbons (Fsp3) is 0.162. The molecular formula is C37H35NO8S2. The third-order valence-corrected chi connectivity index (χ3v) is 10.2. The lowest BCUT2D eigenvalue weighted by Gasteiger charge is -2.16. The Bertz CT molecular complexity index is 2000. The molecule has 5 rings (SSSR count). The molecule has 1 N–H and O–H groups in total. The number of amides is 1. The molecular weight excluding hydrogens is 651 g/mol. The zero-order valence-electron chi connectivity index (χ0n) is 26.7. The highest BCUT2D eigenvalue weighted by atomic mass is 32.2. The summed E-state index contributed by atoms with van der Waals surface area (Å²) in [6, 6.07) is 32.5. The van der Waals surface area contributed by atoms with Gasteiger partial charge in [0.25, 0.3) is 20.2 Å². The van der Waals surface area contributed by atoms with Crippen LogP contribution in [0.1, 0.15) is 33.4 Å². The van der Waals surface area contributed by atoms with Crippen LogP contribution in [0, 0.1) is 20.8 Å². The number of hydrogen-bond donors (Lipinski definition) is 1. The van der Waals surface area contributed by atoms with Crippen molar-refractivity contribution in [2.45, 2.75) is 50.4 Å². The highest BCUT2D eigenvalue weighted by Crippen LogP contribution is 2.29. The van der Waals surface area contributed by atoms with Gasteiger partial charge in [-0.25, -0.2) is 4.79 Å². The summed E-state index contributed by atoms with van der Waals surface area (Å²) in [5, 5.41) is 2.70. The summed E-state index contributed by atoms with van der Waals surface area (Å²) >= 11 is 0. The van der Waals surface area contributed by atoms with Gasteiger partial charge in [-0.3, -0.25) is 13.7 Å². The van der Waals surface area contributed by atoms with Crippen molar-refractivity contribution < 1.29 is 34.7 Å². The van der Waals surface area contributed by atoms with Crippen LogP contribution in [0.5, 0.6) is 0 Å². The molecule has 11 heteroatoms. The van der Waals surface area contributed by atoms with Crippen LogP contribution < -0.4 is 5.32 Å². The Morgan fingerprint density at radius 2 is 1.06 bits per heavy atom. The summed E-state index contributed by atoms with van der Waals surface area (Å²) < 4.78 is 68.2. The first-order valence-corrected chi connectivity index (χ1v) is 17.8. The Hall–Kier alpha value is -4.81. The van der Waals surface area contributed by atoms with E-state index < -0.39 is 26.3 Å². The van der Waals surface area contributed by atoms with Crippen LogP contribution in [0.25, 0.3) is 11.1 Å². The van der Waals surface area contributed by atoms with E-state index in [4.69, 9.17) is 13.1 Å². The van der Waals surface area contributed by atoms with Gasteiger partial charge in [-0.2, -0.15) is 16.8 Å². The molecule has 0 aliphatic rings. The maximum atomic E-state index is 13.0. The zero-order chi connectivity index (χ0) is 34.3. The summed E-state index contributed by atoms with van der Waals surface area (Å²) in [5.74, 6) is 0. The molecule has 9 nitrogen and oxygen atoms in total. The van der Waals surface area contributed by atoms with E-state index in [0.29, 0.717) is 27.9 Å². The van der Waals surface area contributed by atoms with E-state index in [1.807, 2.05) is 44.2 Å². The number of aryl methyl sites for hydroxylation is 2. The van der Waals surface area contributed by atoms with Crippen LogP contribution in [0.15, 0.2) is 125 Å². The number of carbonyl (C=O) groups is 1. The van der Waals surface area contributed by atoms with Gasteiger partial charge in [0, 0.05) is 5.69 Å². The Morgan fingerprint density at radius 3 is 1.54 bits per heavy atom. The zero-order valence-corrected chi connectivity index (χ0v) is 28.3. The van der Waals surface area contributed by atoms with Gasteiger partial charge >= 0.3 is 6.09 Å². The third kappa shape index (κ3) is 8.96. The number of rotatable bonds is 12. The Morgan fingerprint density at radius 1 is 0.583 bits per heavy atom. The lowest BCUT2D eigenvalue weighted by molar-refractivity contribution is 0.155. The van der Waals surface area contributed by atoms with E-state index in [1.54, 1.807) is 67.6 Å². The molecule has 0 aromatic heterocycles. The monoisotopic (exact) mass is 685 g/mol. The fourth-order valence-corrected chi connectivity index (χ4v) is 6.53. The van der Waals surface area contributed by atoms with E-state index in [0.717, 1.165) is 22.3 Å². The second-order valence-electron chi connectivity index (χ2n) is 11.2. The van der Waals surface area contributed by atoms with Crippen LogP contribution in [-0.2, 0) is 53.2 Å². The van der Waals surface area contributed by atoms with Crippen LogP contribution in [0.3, 0.4) is 0 Å². The summed E-state index contributed by atoms with van der Waals surface area (Å²) in [5.41, 5.74) is 6.25. The molecule has 5 aromatic rings. The Labute approximate surface area is 281 Å². The van der Waals surface area contributed by atoms with Crippen LogP contribution >= 0.6 is 0 Å². The van der Waals surface area contributed by atoms with E-state index in [-0.39, 0.29) is 29.6 Å². The summed E-state index contributed by atoms with van der Waals surface area (Å²) in [4.78, 5) is 12.4. The predicted molar refractivity (Wildman–Crippen MR) is 183 cm³/mol. The van der Waals surface area contributed by atoms with Crippen molar-refractivity contribution in [3.63, 3.8) is 0 Å². The predicted octanol–water partition coefficient (Wildman–Crippen LogP) is 7.84. The van der Waals surface area contributed by atoms with Crippen LogP contribution in [-0.4, -0.2) is 22.9 Å². The maximum absolute atomic E-state index is 13.0. The highest BCUT2D eigenvalue weighted by Gasteiger charge is 2.20. The minimum absolute atomic E-state index is 0.0278. The minimum Gasteiger partial charge on any atom is -0.444 e. The van der Waals surface area contributed by atoms with Crippen molar-refractivity contribution in [3.05, 3.63) is 149 Å². The van der Waals surface area contributed by atoms with Gasteiger partial charge < -0.3 is 4.74 Å². The quantitative estimate of drug-likeness (QED) is 0.132. The van der Waals surface area contributed by atoms with Gasteiger partial charge in [0.1, 0.15) is 6.61 Å². The molecule has 5 aromatic carbocycles. The topological polar surface area (TPSA) is 125 Å². The van der Waals surface area contributed by atoms with Gasteiger partial charge in [-0.15, -0.1) is 0 Å². The summed E-state index contributed by atoms with van der Waals surface area (Å²) in [7, 11) is -8.15. The van der Waals surface area contributed by atoms with E-state index in [1.165, 1.54) is 24.3 Å². The number of ether oxygens (including phenoxy) is 1. The molecule has 0 fully saturated rings. The lowest BCUT2D eigenvalue weighted by atomic mass is 9.95. The summed E-state index contributed by atoms with van der Waals surface area (Å²) in [6.07, 6.45) is -0.606. The van der Waals surface area contributed by atoms with Gasteiger partial charge in [-0.1, -0.05) is 77.9 Å². The average Bonchev–Trinajstić information content (AvgIpc) is 3.07. The van der Waals surface area contributed by atoms with E-state index >= 15 is 0 Å². The molecule has 48 heavy (non-hydrogen) atoms. The Kier molecular flexibility index (Phi) is 10.8. The largest absolute Gasteiger partial charge is 0.444 e. The first-order valence-electron chi connectivity index (χ1n) is 15.0. The maximum Gasteiger partial charge on any atom is 0.411 e. The second kappa shape index (κ2) is 15.0. The number of hydrogen-bond acceptors (Lipinski definition) is 8. The van der Waals surface area contributed by atoms with Gasteiger partial charge in [0.2, 0.25) is 0 Å². The van der Waals surface area contributed by atoms with Gasteiger partial charge in [-0.05, 0) is 103 Å². The first-order chi connectivity index (χ1) is 22.9. The van der Waals surface area contributed by atoms with Crippen molar-refractivity contribution in [1.82, 2.24) is 0 Å². The van der Waals surface area contributed by atoms with Crippen LogP contribution in [0.4, 0.5) is 10.5 Å². The smallest absolute Gasteiger partial charge is 0.411 e. The number of nitrogens with one attached hydrogen (secondary N) is 1. The van der Waals surface area contributed by atoms with Gasteiger partial charge in [0.15, 0.2) is 0 Å². The molecule has 0 spiro atoms. The normalized spacial score (nSPS) is 11.6. The lowest BCUT2D eigenvalue weighted by Crippen LogP contribution is -2.13. The molecule has 0 aliphatic carbocycles. The van der Waals surface area contributed by atoms with E-state index in [2.05, 4.69) is 5.32 Å². The van der Waals surface area contributed by atoms with Crippen molar-refractivity contribution in [3.8, 4) is 11.1 Å². The standard InChI is InChI=1S/C37H35NO8S2/c1-26-9-17-35(18-10-26)47(40,41)45-24-32-21-31(22-33(28(32)3)25-46-48(42,43)36-19-11-27(2)12-20-36)30-13-15-34(16-14-30)38-37(39)44-23-29-7-5-4-6-8-29/h4-22H,23-25H2,1-3H3,(H,38,39). The average molecular weight is 686 g/mol. The third-order valence-electron chi connectivity index (χ3n) is 7.66. The molecule has 0 saturated heterocycles. The minimum atomic E-state index is -4.08. The summed E-state index contributed by atoms with van der Waals surface area (Å²) in [6.45, 7) is 5.01. The van der Waals surface area contributed by atoms with Crippen LogP contribution in [0.2, 0.25) is 0 Å². The molecule has 0 radical (unpaired) electrons. The number of benzene rings is 5. The molecule has 0 heterocycles.